The van der Waals surface area contributed by atoms with E-state index in [1.54, 1.807) is 6.20 Å². The van der Waals surface area contributed by atoms with Crippen LogP contribution in [-0.4, -0.2) is 14.5 Å². The largest absolute Gasteiger partial charge is 0.588 e. The summed E-state index contributed by atoms with van der Waals surface area (Å²) in [6.07, 6.45) is 3.63. The molecule has 0 aliphatic carbocycles. The molecule has 0 fully saturated rings. The predicted molar refractivity (Wildman–Crippen MR) is 104 cm³/mol. The highest BCUT2D eigenvalue weighted by atomic mass is 32.2. The van der Waals surface area contributed by atoms with E-state index >= 15 is 0 Å². The SMILES string of the molecule is [O-][S+](Nc1nccs1)c1ccc(NCc2cccc3cc[nH]c23)cc1. The topological polar surface area (TPSA) is 75.8 Å². The summed E-state index contributed by atoms with van der Waals surface area (Å²) in [7, 11) is 0. The highest BCUT2D eigenvalue weighted by Gasteiger charge is 2.12. The van der Waals surface area contributed by atoms with E-state index in [1.807, 2.05) is 35.8 Å². The third-order valence-corrected chi connectivity index (χ3v) is 5.73. The van der Waals surface area contributed by atoms with E-state index in [4.69, 9.17) is 0 Å². The van der Waals surface area contributed by atoms with Gasteiger partial charge < -0.3 is 14.9 Å². The van der Waals surface area contributed by atoms with Crippen molar-refractivity contribution in [1.29, 1.82) is 0 Å². The maximum absolute atomic E-state index is 12.3. The van der Waals surface area contributed by atoms with Crippen molar-refractivity contribution in [3.63, 3.8) is 0 Å². The van der Waals surface area contributed by atoms with Crippen LogP contribution in [0.5, 0.6) is 0 Å². The van der Waals surface area contributed by atoms with Gasteiger partial charge in [-0.05, 0) is 41.3 Å². The highest BCUT2D eigenvalue weighted by molar-refractivity contribution is 7.93. The van der Waals surface area contributed by atoms with E-state index in [1.165, 1.54) is 22.3 Å². The van der Waals surface area contributed by atoms with Crippen molar-refractivity contribution < 1.29 is 4.55 Å². The van der Waals surface area contributed by atoms with Crippen LogP contribution in [0.4, 0.5) is 10.8 Å². The lowest BCUT2D eigenvalue weighted by atomic mass is 10.1. The number of fused-ring (bicyclic) bond motifs is 1. The number of aromatic amines is 1. The molecule has 0 aliphatic heterocycles. The lowest BCUT2D eigenvalue weighted by Gasteiger charge is -2.11. The van der Waals surface area contributed by atoms with E-state index in [-0.39, 0.29) is 0 Å². The first-order valence-corrected chi connectivity index (χ1v) is 9.79. The molecule has 0 amide bonds. The summed E-state index contributed by atoms with van der Waals surface area (Å²) in [6.45, 7) is 0.720. The summed E-state index contributed by atoms with van der Waals surface area (Å²) in [6, 6.07) is 15.9. The minimum Gasteiger partial charge on any atom is -0.588 e. The number of para-hydroxylation sites is 1. The summed E-state index contributed by atoms with van der Waals surface area (Å²) in [4.78, 5) is 8.07. The highest BCUT2D eigenvalue weighted by Crippen LogP contribution is 2.21. The van der Waals surface area contributed by atoms with Gasteiger partial charge in [-0.1, -0.05) is 18.2 Å². The fourth-order valence-electron chi connectivity index (χ4n) is 2.60. The maximum atomic E-state index is 12.3. The van der Waals surface area contributed by atoms with E-state index in [9.17, 15) is 4.55 Å². The van der Waals surface area contributed by atoms with Crippen LogP contribution in [0.3, 0.4) is 0 Å². The van der Waals surface area contributed by atoms with Crippen molar-refractivity contribution in [2.75, 3.05) is 10.0 Å². The number of anilines is 2. The number of nitrogens with one attached hydrogen (secondary N) is 3. The number of benzene rings is 2. The predicted octanol–water partition coefficient (Wildman–Crippen LogP) is 4.37. The second kappa shape index (κ2) is 7.18. The second-order valence-electron chi connectivity index (χ2n) is 5.45. The van der Waals surface area contributed by atoms with E-state index in [2.05, 4.69) is 44.3 Å². The Balaban J connectivity index is 1.41. The average molecular weight is 368 g/mol. The minimum atomic E-state index is -1.31. The molecule has 4 rings (SSSR count). The van der Waals surface area contributed by atoms with Gasteiger partial charge in [0.25, 0.3) is 0 Å². The summed E-state index contributed by atoms with van der Waals surface area (Å²) < 4.78 is 15.1. The number of H-pyrrole nitrogens is 1. The van der Waals surface area contributed by atoms with E-state index in [0.717, 1.165) is 17.7 Å². The number of hydrogen-bond acceptors (Lipinski definition) is 5. The zero-order valence-electron chi connectivity index (χ0n) is 13.2. The molecule has 1 unspecified atom stereocenters. The molecule has 0 aliphatic rings. The quantitative estimate of drug-likeness (QED) is 0.442. The molecule has 7 heteroatoms. The van der Waals surface area contributed by atoms with Crippen molar-refractivity contribution in [1.82, 2.24) is 9.97 Å². The van der Waals surface area contributed by atoms with Crippen LogP contribution in [0.1, 0.15) is 5.56 Å². The molecule has 2 heterocycles. The molecule has 5 nitrogen and oxygen atoms in total. The minimum absolute atomic E-state index is 0.652. The molecule has 0 saturated carbocycles. The number of nitrogens with zero attached hydrogens (tertiary/aromatic N) is 1. The van der Waals surface area contributed by atoms with Crippen molar-refractivity contribution in [3.8, 4) is 0 Å². The summed E-state index contributed by atoms with van der Waals surface area (Å²) in [5.41, 5.74) is 3.35. The molecule has 0 radical (unpaired) electrons. The van der Waals surface area contributed by atoms with Crippen molar-refractivity contribution in [2.45, 2.75) is 11.4 Å². The van der Waals surface area contributed by atoms with Gasteiger partial charge in [0.2, 0.25) is 5.13 Å². The molecule has 0 spiro atoms. The van der Waals surface area contributed by atoms with Crippen LogP contribution < -0.4 is 10.0 Å². The Morgan fingerprint density at radius 3 is 2.80 bits per heavy atom. The fourth-order valence-corrected chi connectivity index (χ4v) is 4.11. The first-order valence-electron chi connectivity index (χ1n) is 7.76. The number of hydrogen-bond donors (Lipinski definition) is 3. The molecule has 25 heavy (non-hydrogen) atoms. The molecule has 1 atom stereocenters. The second-order valence-corrected chi connectivity index (χ2v) is 7.55. The third-order valence-electron chi connectivity index (χ3n) is 3.84. The fraction of sp³-hybridized carbons (Fsp3) is 0.0556. The monoisotopic (exact) mass is 368 g/mol. The standard InChI is InChI=1S/C18H16N4OS2/c23-25(22-18-20-10-11-24-18)16-6-4-15(5-7-16)21-12-14-3-1-2-13-8-9-19-17(13)14/h1-11,19,21H,12H2,(H,20,22). The van der Waals surface area contributed by atoms with Crippen LogP contribution in [0, 0.1) is 0 Å². The summed E-state index contributed by atoms with van der Waals surface area (Å²) in [5, 5.41) is 7.11. The van der Waals surface area contributed by atoms with Crippen LogP contribution >= 0.6 is 11.3 Å². The number of thiazole rings is 1. The van der Waals surface area contributed by atoms with Gasteiger partial charge in [0, 0.05) is 30.0 Å². The van der Waals surface area contributed by atoms with Crippen molar-refractivity contribution in [3.05, 3.63) is 71.9 Å². The lowest BCUT2D eigenvalue weighted by molar-refractivity contribution is 0.600. The zero-order valence-corrected chi connectivity index (χ0v) is 14.9. The van der Waals surface area contributed by atoms with Gasteiger partial charge in [0.1, 0.15) is 11.4 Å². The Kier molecular flexibility index (Phi) is 4.60. The Morgan fingerprint density at radius 2 is 2.00 bits per heavy atom. The van der Waals surface area contributed by atoms with Gasteiger partial charge in [-0.25, -0.2) is 4.98 Å². The molecule has 2 aromatic carbocycles. The third kappa shape index (κ3) is 3.63. The molecule has 3 N–H and O–H groups in total. The van der Waals surface area contributed by atoms with Gasteiger partial charge in [0.15, 0.2) is 4.90 Å². The van der Waals surface area contributed by atoms with Crippen LogP contribution in [0.2, 0.25) is 0 Å². The van der Waals surface area contributed by atoms with Crippen molar-refractivity contribution in [2.24, 2.45) is 0 Å². The van der Waals surface area contributed by atoms with Gasteiger partial charge in [-0.3, -0.25) is 0 Å². The molecular weight excluding hydrogens is 352 g/mol. The van der Waals surface area contributed by atoms with Crippen molar-refractivity contribution >= 4 is 44.4 Å². The molecule has 0 bridgehead atoms. The average Bonchev–Trinajstić information content (AvgIpc) is 3.32. The first-order chi connectivity index (χ1) is 12.3. The zero-order chi connectivity index (χ0) is 17.1. The van der Waals surface area contributed by atoms with Crippen LogP contribution in [0.25, 0.3) is 10.9 Å². The Hall–Kier alpha value is -2.48. The number of aromatic nitrogens is 2. The normalized spacial score (nSPS) is 12.2. The van der Waals surface area contributed by atoms with E-state index in [0.29, 0.717) is 10.0 Å². The lowest BCUT2D eigenvalue weighted by Crippen LogP contribution is -2.12. The Bertz CT molecular complexity index is 951. The smallest absolute Gasteiger partial charge is 0.226 e. The van der Waals surface area contributed by atoms with Gasteiger partial charge in [-0.15, -0.1) is 11.3 Å². The summed E-state index contributed by atoms with van der Waals surface area (Å²) >= 11 is 0.117. The Morgan fingerprint density at radius 1 is 1.12 bits per heavy atom. The van der Waals surface area contributed by atoms with Gasteiger partial charge in [0.05, 0.1) is 5.52 Å². The molecule has 0 saturated heterocycles. The van der Waals surface area contributed by atoms with Gasteiger partial charge >= 0.3 is 0 Å². The van der Waals surface area contributed by atoms with Gasteiger partial charge in [-0.2, -0.15) is 4.72 Å². The maximum Gasteiger partial charge on any atom is 0.226 e. The van der Waals surface area contributed by atoms with Crippen LogP contribution in [0.15, 0.2) is 71.2 Å². The number of rotatable bonds is 6. The van der Waals surface area contributed by atoms with Crippen LogP contribution in [-0.2, 0) is 17.9 Å². The molecule has 4 aromatic rings. The molecular formula is C18H16N4OS2. The summed E-state index contributed by atoms with van der Waals surface area (Å²) in [5.74, 6) is 0. The van der Waals surface area contributed by atoms with E-state index < -0.39 is 11.4 Å². The molecule has 2 aromatic heterocycles. The first kappa shape index (κ1) is 16.0. The Labute approximate surface area is 152 Å². The molecule has 126 valence electrons.